The van der Waals surface area contributed by atoms with Crippen molar-refractivity contribution in [2.24, 2.45) is 5.73 Å². The van der Waals surface area contributed by atoms with Crippen LogP contribution in [-0.2, 0) is 4.79 Å². The van der Waals surface area contributed by atoms with Crippen LogP contribution >= 0.6 is 0 Å². The first-order chi connectivity index (χ1) is 10.6. The van der Waals surface area contributed by atoms with E-state index < -0.39 is 0 Å². The maximum atomic E-state index is 12.2. The molecular weight excluding hydrogens is 280 g/mol. The minimum atomic E-state index is -0.0683. The number of nitrogens with two attached hydrogens (primary N) is 1. The van der Waals surface area contributed by atoms with Crippen LogP contribution in [0.3, 0.4) is 0 Å². The largest absolute Gasteiger partial charge is 0.353 e. The van der Waals surface area contributed by atoms with E-state index in [1.54, 1.807) is 12.4 Å². The average Bonchev–Trinajstić information content (AvgIpc) is 2.50. The second kappa shape index (κ2) is 7.89. The van der Waals surface area contributed by atoms with Crippen LogP contribution in [0.4, 0.5) is 0 Å². The third-order valence-corrected chi connectivity index (χ3v) is 4.08. The van der Waals surface area contributed by atoms with Gasteiger partial charge < -0.3 is 16.4 Å². The Morgan fingerprint density at radius 1 is 1.23 bits per heavy atom. The van der Waals surface area contributed by atoms with Crippen molar-refractivity contribution in [3.8, 4) is 0 Å². The monoisotopic (exact) mass is 304 g/mol. The molecule has 1 aromatic heterocycles. The zero-order valence-corrected chi connectivity index (χ0v) is 13.0. The Morgan fingerprint density at radius 3 is 2.45 bits per heavy atom. The number of pyridine rings is 1. The van der Waals surface area contributed by atoms with Gasteiger partial charge in [0.1, 0.15) is 0 Å². The van der Waals surface area contributed by atoms with Crippen LogP contribution in [0.25, 0.3) is 0 Å². The molecule has 22 heavy (non-hydrogen) atoms. The Bertz CT molecular complexity index is 525. The molecule has 0 atom stereocenters. The van der Waals surface area contributed by atoms with Gasteiger partial charge in [-0.2, -0.15) is 0 Å². The average molecular weight is 304 g/mol. The van der Waals surface area contributed by atoms with Gasteiger partial charge in [-0.15, -0.1) is 0 Å². The lowest BCUT2D eigenvalue weighted by molar-refractivity contribution is -0.121. The van der Waals surface area contributed by atoms with E-state index >= 15 is 0 Å². The van der Waals surface area contributed by atoms with Crippen LogP contribution in [0.2, 0.25) is 0 Å². The standard InChI is InChI=1S/C16H24N4O2/c1-11-7-9-18-10-14(11)16(22)20-13-4-2-12(3-5-13)19-15(21)6-8-17/h7,9-10,12-13H,2-6,8,17H2,1H3,(H,19,21)(H,20,22). The molecule has 0 unspecified atom stereocenters. The van der Waals surface area contributed by atoms with Gasteiger partial charge in [-0.05, 0) is 44.2 Å². The summed E-state index contributed by atoms with van der Waals surface area (Å²) in [4.78, 5) is 27.8. The number of hydrogen-bond acceptors (Lipinski definition) is 4. The summed E-state index contributed by atoms with van der Waals surface area (Å²) in [6, 6.07) is 2.20. The number of aryl methyl sites for hydroxylation is 1. The van der Waals surface area contributed by atoms with Gasteiger partial charge in [-0.25, -0.2) is 0 Å². The lowest BCUT2D eigenvalue weighted by Gasteiger charge is -2.29. The number of nitrogens with one attached hydrogen (secondary N) is 2. The van der Waals surface area contributed by atoms with Crippen LogP contribution in [-0.4, -0.2) is 35.4 Å². The summed E-state index contributed by atoms with van der Waals surface area (Å²) in [5, 5.41) is 6.06. The number of nitrogens with zero attached hydrogens (tertiary/aromatic N) is 1. The highest BCUT2D eigenvalue weighted by atomic mass is 16.2. The summed E-state index contributed by atoms with van der Waals surface area (Å²) in [5.74, 6) is -0.0535. The van der Waals surface area contributed by atoms with Gasteiger partial charge >= 0.3 is 0 Å². The van der Waals surface area contributed by atoms with Crippen LogP contribution in [0.15, 0.2) is 18.5 Å². The minimum absolute atomic E-state index is 0.0148. The number of carbonyl (C=O) groups is 2. The summed E-state index contributed by atoms with van der Waals surface area (Å²) in [7, 11) is 0. The number of hydrogen-bond donors (Lipinski definition) is 3. The van der Waals surface area contributed by atoms with E-state index in [0.29, 0.717) is 18.5 Å². The van der Waals surface area contributed by atoms with E-state index in [1.165, 1.54) is 0 Å². The lowest BCUT2D eigenvalue weighted by Crippen LogP contribution is -2.44. The quantitative estimate of drug-likeness (QED) is 0.753. The molecule has 6 nitrogen and oxygen atoms in total. The lowest BCUT2D eigenvalue weighted by atomic mass is 9.91. The molecule has 0 radical (unpaired) electrons. The van der Waals surface area contributed by atoms with Crippen molar-refractivity contribution in [1.82, 2.24) is 15.6 Å². The fourth-order valence-corrected chi connectivity index (χ4v) is 2.78. The molecule has 6 heteroatoms. The molecule has 120 valence electrons. The van der Waals surface area contributed by atoms with Crippen molar-refractivity contribution in [1.29, 1.82) is 0 Å². The van der Waals surface area contributed by atoms with E-state index in [9.17, 15) is 9.59 Å². The maximum Gasteiger partial charge on any atom is 0.253 e. The molecule has 1 fully saturated rings. The highest BCUT2D eigenvalue weighted by Gasteiger charge is 2.24. The van der Waals surface area contributed by atoms with Crippen molar-refractivity contribution < 1.29 is 9.59 Å². The van der Waals surface area contributed by atoms with Crippen molar-refractivity contribution in [3.63, 3.8) is 0 Å². The molecule has 2 rings (SSSR count). The normalized spacial score (nSPS) is 21.2. The summed E-state index contributed by atoms with van der Waals surface area (Å²) in [6.07, 6.45) is 7.17. The van der Waals surface area contributed by atoms with Crippen molar-refractivity contribution in [2.45, 2.75) is 51.1 Å². The van der Waals surface area contributed by atoms with E-state index in [0.717, 1.165) is 31.2 Å². The predicted molar refractivity (Wildman–Crippen MR) is 84.3 cm³/mol. The fourth-order valence-electron chi connectivity index (χ4n) is 2.78. The van der Waals surface area contributed by atoms with Crippen LogP contribution in [0, 0.1) is 6.92 Å². The number of amides is 2. The second-order valence-corrected chi connectivity index (χ2v) is 5.82. The van der Waals surface area contributed by atoms with E-state index in [-0.39, 0.29) is 23.9 Å². The zero-order valence-electron chi connectivity index (χ0n) is 13.0. The molecule has 1 aliphatic rings. The molecule has 1 heterocycles. The Labute approximate surface area is 130 Å². The summed E-state index contributed by atoms with van der Waals surface area (Å²) in [6.45, 7) is 2.28. The molecule has 0 spiro atoms. The Morgan fingerprint density at radius 2 is 1.86 bits per heavy atom. The van der Waals surface area contributed by atoms with E-state index in [1.807, 2.05) is 13.0 Å². The van der Waals surface area contributed by atoms with Gasteiger partial charge in [0.05, 0.1) is 5.56 Å². The van der Waals surface area contributed by atoms with Gasteiger partial charge in [0.25, 0.3) is 5.91 Å². The molecule has 0 saturated heterocycles. The molecule has 1 aliphatic carbocycles. The second-order valence-electron chi connectivity index (χ2n) is 5.82. The minimum Gasteiger partial charge on any atom is -0.353 e. The molecular formula is C16H24N4O2. The third kappa shape index (κ3) is 4.53. The molecule has 1 aromatic rings. The molecule has 2 amide bonds. The summed E-state index contributed by atoms with van der Waals surface area (Å²) < 4.78 is 0. The van der Waals surface area contributed by atoms with Crippen molar-refractivity contribution >= 4 is 11.8 Å². The van der Waals surface area contributed by atoms with Gasteiger partial charge in [-0.1, -0.05) is 0 Å². The first kappa shape index (κ1) is 16.4. The first-order valence-corrected chi connectivity index (χ1v) is 7.81. The van der Waals surface area contributed by atoms with Crippen LogP contribution in [0.5, 0.6) is 0 Å². The molecule has 4 N–H and O–H groups in total. The van der Waals surface area contributed by atoms with Crippen molar-refractivity contribution in [2.75, 3.05) is 6.54 Å². The van der Waals surface area contributed by atoms with E-state index in [4.69, 9.17) is 5.73 Å². The highest BCUT2D eigenvalue weighted by Crippen LogP contribution is 2.19. The topological polar surface area (TPSA) is 97.1 Å². The Kier molecular flexibility index (Phi) is 5.89. The predicted octanol–water partition coefficient (Wildman–Crippen LogP) is 0.896. The van der Waals surface area contributed by atoms with E-state index in [2.05, 4.69) is 15.6 Å². The smallest absolute Gasteiger partial charge is 0.253 e. The number of aromatic nitrogens is 1. The Hall–Kier alpha value is -1.95. The number of carbonyl (C=O) groups excluding carboxylic acids is 2. The molecule has 0 bridgehead atoms. The van der Waals surface area contributed by atoms with Crippen LogP contribution < -0.4 is 16.4 Å². The molecule has 1 saturated carbocycles. The first-order valence-electron chi connectivity index (χ1n) is 7.81. The zero-order chi connectivity index (χ0) is 15.9. The third-order valence-electron chi connectivity index (χ3n) is 4.08. The molecule has 0 aliphatic heterocycles. The summed E-state index contributed by atoms with van der Waals surface area (Å²) >= 11 is 0. The van der Waals surface area contributed by atoms with Gasteiger partial charge in [0, 0.05) is 37.4 Å². The van der Waals surface area contributed by atoms with Gasteiger partial charge in [0.15, 0.2) is 0 Å². The van der Waals surface area contributed by atoms with Gasteiger partial charge in [0.2, 0.25) is 5.91 Å². The SMILES string of the molecule is Cc1ccncc1C(=O)NC1CCC(NC(=O)CCN)CC1. The van der Waals surface area contributed by atoms with Gasteiger partial charge in [-0.3, -0.25) is 14.6 Å². The maximum absolute atomic E-state index is 12.2. The Balaban J connectivity index is 1.79. The summed E-state index contributed by atoms with van der Waals surface area (Å²) in [5.41, 5.74) is 6.92. The van der Waals surface area contributed by atoms with Crippen molar-refractivity contribution in [3.05, 3.63) is 29.6 Å². The molecule has 0 aromatic carbocycles. The number of rotatable bonds is 5. The van der Waals surface area contributed by atoms with Crippen LogP contribution in [0.1, 0.15) is 48.0 Å². The fraction of sp³-hybridized carbons (Fsp3) is 0.562. The highest BCUT2D eigenvalue weighted by molar-refractivity contribution is 5.95.